The maximum Gasteiger partial charge on any atom is 2.00 e. The van der Waals surface area contributed by atoms with Crippen LogP contribution in [0.15, 0.2) is 0 Å². The van der Waals surface area contributed by atoms with Gasteiger partial charge in [0.25, 0.3) is 0 Å². The molecule has 0 bridgehead atoms. The fraction of sp³-hybridized carbons (Fsp3) is 0.500. The smallest absolute Gasteiger partial charge is 0.346 e. The molecule has 0 aliphatic heterocycles. The molecule has 0 saturated carbocycles. The van der Waals surface area contributed by atoms with Crippen LogP contribution in [0.5, 0.6) is 0 Å². The van der Waals surface area contributed by atoms with Crippen molar-refractivity contribution >= 4 is 10.0 Å². The van der Waals surface area contributed by atoms with Gasteiger partial charge in [-0.05, 0) is 0 Å². The Balaban J connectivity index is -0.000000109. The zero-order valence-corrected chi connectivity index (χ0v) is 7.58. The normalized spacial score (nSPS) is 8.44. The number of rotatable bonds is 1. The van der Waals surface area contributed by atoms with Crippen LogP contribution in [0.4, 0.5) is 0 Å². The van der Waals surface area contributed by atoms with Gasteiger partial charge in [-0.3, -0.25) is 0 Å². The third-order valence-corrected chi connectivity index (χ3v) is 0.854. The van der Waals surface area contributed by atoms with E-state index in [9.17, 15) is 8.42 Å². The minimum Gasteiger partial charge on any atom is -0.346 e. The molecule has 0 unspecified atom stereocenters. The largest absolute Gasteiger partial charge is 2.00 e. The molecule has 0 atom stereocenters. The third-order valence-electron chi connectivity index (χ3n) is 0.285. The van der Waals surface area contributed by atoms with Gasteiger partial charge in [-0.2, -0.15) is 6.92 Å². The summed E-state index contributed by atoms with van der Waals surface area (Å²) in [6.07, 6.45) is 0. The van der Waals surface area contributed by atoms with Crippen molar-refractivity contribution in [3.05, 3.63) is 13.8 Å². The fourth-order valence-corrected chi connectivity index (χ4v) is 0. The zero-order chi connectivity index (χ0) is 7.21. The van der Waals surface area contributed by atoms with Gasteiger partial charge in [-0.15, -0.1) is 0 Å². The van der Waals surface area contributed by atoms with Crippen LogP contribution in [0, 0.1) is 13.8 Å². The molecule has 0 fully saturated rings. The Morgan fingerprint density at radius 2 is 1.56 bits per heavy atom. The molecular weight excluding hydrogens is 177 g/mol. The molecule has 0 aromatic heterocycles. The molecule has 1 radical (unpaired) electrons. The Bertz CT molecular complexity index is 121. The first-order chi connectivity index (χ1) is 3.56. The SMILES string of the molecule is [CH2-]C.[CH2-]CS(N)(=O)=O.[V+2]. The third kappa shape index (κ3) is 29.3. The van der Waals surface area contributed by atoms with Gasteiger partial charge in [0.05, 0.1) is 0 Å². The molecule has 2 N–H and O–H groups in total. The summed E-state index contributed by atoms with van der Waals surface area (Å²) in [6.45, 7) is 8.04. The Morgan fingerprint density at radius 1 is 1.44 bits per heavy atom. The maximum absolute atomic E-state index is 9.72. The average Bonchev–Trinajstić information content (AvgIpc) is 1.71. The molecule has 0 spiro atoms. The van der Waals surface area contributed by atoms with Crippen LogP contribution in [-0.4, -0.2) is 14.2 Å². The van der Waals surface area contributed by atoms with Gasteiger partial charge in [0, 0.05) is 0 Å². The second kappa shape index (κ2) is 8.49. The van der Waals surface area contributed by atoms with Crippen molar-refractivity contribution in [3.8, 4) is 0 Å². The maximum atomic E-state index is 9.72. The van der Waals surface area contributed by atoms with Crippen molar-refractivity contribution in [2.45, 2.75) is 6.92 Å². The Kier molecular flexibility index (Phi) is 15.3. The van der Waals surface area contributed by atoms with Crippen LogP contribution in [0.3, 0.4) is 0 Å². The molecule has 5 heteroatoms. The van der Waals surface area contributed by atoms with Crippen LogP contribution in [0.25, 0.3) is 0 Å². The van der Waals surface area contributed by atoms with E-state index in [1.54, 1.807) is 6.92 Å². The summed E-state index contributed by atoms with van der Waals surface area (Å²) >= 11 is 0. The van der Waals surface area contributed by atoms with Gasteiger partial charge in [-0.1, -0.05) is 5.75 Å². The van der Waals surface area contributed by atoms with Crippen molar-refractivity contribution < 1.29 is 27.0 Å². The van der Waals surface area contributed by atoms with Crippen molar-refractivity contribution in [2.24, 2.45) is 5.14 Å². The van der Waals surface area contributed by atoms with E-state index < -0.39 is 10.0 Å². The summed E-state index contributed by atoms with van der Waals surface area (Å²) in [5, 5.41) is 4.44. The standard InChI is InChI=1S/C2H6NO2S.C2H5.V/c1-2-6(3,4)5;1-2;/h1-2H2,(H2,3,4,5);1H2,2H3;/q2*-1;+2. The number of nitrogens with two attached hydrogens (primary N) is 1. The quantitative estimate of drug-likeness (QED) is 0.586. The van der Waals surface area contributed by atoms with Gasteiger partial charge < -0.3 is 13.8 Å². The second-order valence-electron chi connectivity index (χ2n) is 0.867. The van der Waals surface area contributed by atoms with E-state index >= 15 is 0 Å². The number of hydrogen-bond donors (Lipinski definition) is 1. The molecule has 0 aromatic carbocycles. The molecule has 0 heterocycles. The van der Waals surface area contributed by atoms with Crippen LogP contribution < -0.4 is 5.14 Å². The molecule has 0 aliphatic rings. The van der Waals surface area contributed by atoms with E-state index in [2.05, 4.69) is 19.0 Å². The van der Waals surface area contributed by atoms with E-state index in [1.165, 1.54) is 0 Å². The molecular formula is C4H11NO2SV. The summed E-state index contributed by atoms with van der Waals surface area (Å²) < 4.78 is 19.4. The molecule has 0 rings (SSSR count). The summed E-state index contributed by atoms with van der Waals surface area (Å²) in [5.74, 6) is -0.229. The Labute approximate surface area is 68.9 Å². The van der Waals surface area contributed by atoms with Crippen molar-refractivity contribution in [3.63, 3.8) is 0 Å². The topological polar surface area (TPSA) is 60.2 Å². The number of hydrogen-bond acceptors (Lipinski definition) is 2. The van der Waals surface area contributed by atoms with Crippen molar-refractivity contribution in [1.29, 1.82) is 0 Å². The second-order valence-corrected chi connectivity index (χ2v) is 2.60. The van der Waals surface area contributed by atoms with Crippen LogP contribution in [0.2, 0.25) is 0 Å². The number of primary sulfonamides is 1. The molecule has 0 aliphatic carbocycles. The van der Waals surface area contributed by atoms with E-state index in [-0.39, 0.29) is 24.3 Å². The van der Waals surface area contributed by atoms with Crippen LogP contribution in [0.1, 0.15) is 6.92 Å². The predicted molar refractivity (Wildman–Crippen MR) is 34.4 cm³/mol. The predicted octanol–water partition coefficient (Wildman–Crippen LogP) is -0.0531. The summed E-state index contributed by atoms with van der Waals surface area (Å²) in [4.78, 5) is 0. The Morgan fingerprint density at radius 3 is 1.56 bits per heavy atom. The van der Waals surface area contributed by atoms with Gasteiger partial charge in [0.2, 0.25) is 0 Å². The number of sulfonamides is 1. The van der Waals surface area contributed by atoms with E-state index in [1.807, 2.05) is 0 Å². The van der Waals surface area contributed by atoms with E-state index in [0.717, 1.165) is 0 Å². The van der Waals surface area contributed by atoms with Gasteiger partial charge in [0.1, 0.15) is 0 Å². The first-order valence-electron chi connectivity index (χ1n) is 2.06. The monoisotopic (exact) mass is 188 g/mol. The molecule has 0 amide bonds. The Hall–Kier alpha value is 0.494. The molecule has 0 aromatic rings. The molecule has 9 heavy (non-hydrogen) atoms. The van der Waals surface area contributed by atoms with E-state index in [0.29, 0.717) is 0 Å². The molecule has 3 nitrogen and oxygen atoms in total. The fourth-order valence-electron chi connectivity index (χ4n) is 0. The van der Waals surface area contributed by atoms with Crippen molar-refractivity contribution in [2.75, 3.05) is 5.75 Å². The minimum absolute atomic E-state index is 0. The molecule has 55 valence electrons. The van der Waals surface area contributed by atoms with Gasteiger partial charge >= 0.3 is 18.6 Å². The van der Waals surface area contributed by atoms with Crippen LogP contribution >= 0.6 is 0 Å². The summed E-state index contributed by atoms with van der Waals surface area (Å²) in [6, 6.07) is 0. The van der Waals surface area contributed by atoms with Gasteiger partial charge in [-0.25, -0.2) is 13.6 Å². The first-order valence-corrected chi connectivity index (χ1v) is 3.78. The minimum atomic E-state index is -3.27. The molecule has 0 saturated heterocycles. The van der Waals surface area contributed by atoms with Crippen molar-refractivity contribution in [1.82, 2.24) is 0 Å². The van der Waals surface area contributed by atoms with Crippen LogP contribution in [-0.2, 0) is 28.6 Å². The first kappa shape index (κ1) is 16.2. The zero-order valence-electron chi connectivity index (χ0n) is 5.37. The average molecular weight is 188 g/mol. The van der Waals surface area contributed by atoms with Gasteiger partial charge in [0.15, 0.2) is 10.0 Å². The summed E-state index contributed by atoms with van der Waals surface area (Å²) in [7, 11) is -3.27. The van der Waals surface area contributed by atoms with E-state index in [4.69, 9.17) is 0 Å². The summed E-state index contributed by atoms with van der Waals surface area (Å²) in [5.41, 5.74) is 0.